The summed E-state index contributed by atoms with van der Waals surface area (Å²) in [6.07, 6.45) is 2.79. The molecule has 2 saturated heterocycles. The number of aromatic nitrogens is 2. The van der Waals surface area contributed by atoms with Gasteiger partial charge in [0.05, 0.1) is 17.0 Å². The number of anilines is 2. The number of hydrogen-bond acceptors (Lipinski definition) is 6. The Morgan fingerprint density at radius 3 is 2.47 bits per heavy atom. The minimum Gasteiger partial charge on any atom is -0.370 e. The van der Waals surface area contributed by atoms with Crippen molar-refractivity contribution in [3.63, 3.8) is 0 Å². The molecule has 4 rings (SSSR count). The molecule has 9 nitrogen and oxygen atoms in total. The summed E-state index contributed by atoms with van der Waals surface area (Å²) in [7, 11) is -3.46. The standard InChI is InChI=1S/C22H30ClFN6O3S/c1-16(17-3-4-19(23)20(15-17)28-8-5-18(24)6-9-28)27-11-13-29(14-12-27)22(31)30-10-7-21(25-30)26-34(2,32)33/h3-4,7,10,15-16,18H,5-6,8-9,11-14H2,1-2H3,(H,25,26). The molecule has 1 amide bonds. The van der Waals surface area contributed by atoms with Crippen molar-refractivity contribution in [3.05, 3.63) is 41.0 Å². The van der Waals surface area contributed by atoms with E-state index < -0.39 is 16.2 Å². The first-order valence-electron chi connectivity index (χ1n) is 11.4. The first-order valence-corrected chi connectivity index (χ1v) is 13.6. The zero-order valence-corrected chi connectivity index (χ0v) is 20.9. The van der Waals surface area contributed by atoms with Crippen LogP contribution in [-0.2, 0) is 10.0 Å². The number of amides is 1. The average Bonchev–Trinajstić information content (AvgIpc) is 3.26. The molecule has 0 radical (unpaired) electrons. The van der Waals surface area contributed by atoms with E-state index in [1.807, 2.05) is 12.1 Å². The van der Waals surface area contributed by atoms with Crippen LogP contribution in [0.1, 0.15) is 31.4 Å². The predicted octanol–water partition coefficient (Wildman–Crippen LogP) is 3.19. The number of benzene rings is 1. The van der Waals surface area contributed by atoms with Crippen molar-refractivity contribution in [2.75, 3.05) is 55.1 Å². The van der Waals surface area contributed by atoms with Crippen LogP contribution >= 0.6 is 11.6 Å². The fourth-order valence-electron chi connectivity index (χ4n) is 4.45. The van der Waals surface area contributed by atoms with Gasteiger partial charge >= 0.3 is 6.03 Å². The van der Waals surface area contributed by atoms with Crippen LogP contribution in [0.5, 0.6) is 0 Å². The lowest BCUT2D eigenvalue weighted by Gasteiger charge is -2.38. The second-order valence-corrected chi connectivity index (χ2v) is 11.0. The summed E-state index contributed by atoms with van der Waals surface area (Å²) in [5.41, 5.74) is 2.08. The summed E-state index contributed by atoms with van der Waals surface area (Å²) in [6.45, 7) is 5.89. The number of piperidine rings is 1. The molecule has 1 unspecified atom stereocenters. The fourth-order valence-corrected chi connectivity index (χ4v) is 5.18. The van der Waals surface area contributed by atoms with Gasteiger partial charge in [0.1, 0.15) is 6.17 Å². The molecule has 1 aromatic carbocycles. The molecule has 3 heterocycles. The second kappa shape index (κ2) is 10.1. The van der Waals surface area contributed by atoms with Crippen molar-refractivity contribution < 1.29 is 17.6 Å². The zero-order chi connectivity index (χ0) is 24.5. The van der Waals surface area contributed by atoms with Gasteiger partial charge < -0.3 is 9.80 Å². The monoisotopic (exact) mass is 512 g/mol. The quantitative estimate of drug-likeness (QED) is 0.661. The number of rotatable bonds is 5. The van der Waals surface area contributed by atoms with Gasteiger partial charge in [-0.2, -0.15) is 4.68 Å². The summed E-state index contributed by atoms with van der Waals surface area (Å²) < 4.78 is 39.7. The molecule has 0 aliphatic carbocycles. The lowest BCUT2D eigenvalue weighted by Crippen LogP contribution is -2.50. The molecule has 1 atom stereocenters. The smallest absolute Gasteiger partial charge is 0.344 e. The zero-order valence-electron chi connectivity index (χ0n) is 19.3. The Morgan fingerprint density at radius 2 is 1.82 bits per heavy atom. The van der Waals surface area contributed by atoms with Crippen LogP contribution in [0.25, 0.3) is 0 Å². The highest BCUT2D eigenvalue weighted by atomic mass is 35.5. The largest absolute Gasteiger partial charge is 0.370 e. The highest BCUT2D eigenvalue weighted by molar-refractivity contribution is 7.92. The second-order valence-electron chi connectivity index (χ2n) is 8.87. The van der Waals surface area contributed by atoms with Crippen molar-refractivity contribution in [1.82, 2.24) is 19.6 Å². The van der Waals surface area contributed by atoms with Gasteiger partial charge in [0.15, 0.2) is 5.82 Å². The molecular weight excluding hydrogens is 483 g/mol. The third kappa shape index (κ3) is 5.81. The summed E-state index contributed by atoms with van der Waals surface area (Å²) in [6, 6.07) is 7.32. The lowest BCUT2D eigenvalue weighted by atomic mass is 10.0. The van der Waals surface area contributed by atoms with Crippen molar-refractivity contribution in [2.45, 2.75) is 32.0 Å². The summed E-state index contributed by atoms with van der Waals surface area (Å²) >= 11 is 6.47. The van der Waals surface area contributed by atoms with Crippen LogP contribution in [0.15, 0.2) is 30.5 Å². The molecular formula is C22H30ClFN6O3S. The maximum absolute atomic E-state index is 13.6. The molecule has 0 spiro atoms. The molecule has 2 aliphatic rings. The van der Waals surface area contributed by atoms with Crippen LogP contribution in [-0.4, -0.2) is 85.7 Å². The van der Waals surface area contributed by atoms with Crippen molar-refractivity contribution in [3.8, 4) is 0 Å². The van der Waals surface area contributed by atoms with E-state index in [0.29, 0.717) is 57.1 Å². The normalized spacial score (nSPS) is 19.3. The van der Waals surface area contributed by atoms with E-state index in [1.165, 1.54) is 12.3 Å². The lowest BCUT2D eigenvalue weighted by molar-refractivity contribution is 0.113. The molecule has 1 N–H and O–H groups in total. The average molecular weight is 513 g/mol. The van der Waals surface area contributed by atoms with Gasteiger partial charge in [0, 0.05) is 57.6 Å². The Hall–Kier alpha value is -2.37. The van der Waals surface area contributed by atoms with Gasteiger partial charge in [-0.05, 0) is 37.5 Å². The molecule has 34 heavy (non-hydrogen) atoms. The molecule has 0 saturated carbocycles. The SMILES string of the molecule is CC(c1ccc(Cl)c(N2CCC(F)CC2)c1)N1CCN(C(=O)n2ccc(NS(C)(=O)=O)n2)CC1. The minimum absolute atomic E-state index is 0.109. The van der Waals surface area contributed by atoms with Crippen LogP contribution < -0.4 is 9.62 Å². The Balaban J connectivity index is 1.37. The van der Waals surface area contributed by atoms with Crippen molar-refractivity contribution >= 4 is 39.2 Å². The molecule has 2 fully saturated rings. The third-order valence-corrected chi connectivity index (χ3v) is 7.32. The van der Waals surface area contributed by atoms with Gasteiger partial charge in [-0.15, -0.1) is 5.10 Å². The van der Waals surface area contributed by atoms with E-state index in [2.05, 4.69) is 32.6 Å². The molecule has 12 heteroatoms. The number of alkyl halides is 1. The van der Waals surface area contributed by atoms with Crippen molar-refractivity contribution in [2.24, 2.45) is 0 Å². The van der Waals surface area contributed by atoms with Gasteiger partial charge in [-0.3, -0.25) is 9.62 Å². The number of hydrogen-bond donors (Lipinski definition) is 1. The van der Waals surface area contributed by atoms with E-state index in [0.717, 1.165) is 22.2 Å². The number of carbonyl (C=O) groups excluding carboxylic acids is 1. The number of halogens is 2. The van der Waals surface area contributed by atoms with E-state index in [9.17, 15) is 17.6 Å². The van der Waals surface area contributed by atoms with Gasteiger partial charge in [0.25, 0.3) is 0 Å². The maximum atomic E-state index is 13.6. The first kappa shape index (κ1) is 24.7. The Kier molecular flexibility index (Phi) is 7.34. The Bertz CT molecular complexity index is 1130. The van der Waals surface area contributed by atoms with E-state index >= 15 is 0 Å². The highest BCUT2D eigenvalue weighted by Crippen LogP contribution is 2.33. The molecule has 2 aromatic rings. The molecule has 2 aliphatic heterocycles. The van der Waals surface area contributed by atoms with Crippen LogP contribution in [0.3, 0.4) is 0 Å². The van der Waals surface area contributed by atoms with Gasteiger partial charge in [-0.25, -0.2) is 17.6 Å². The number of carbonyl (C=O) groups is 1. The number of nitrogens with one attached hydrogen (secondary N) is 1. The maximum Gasteiger partial charge on any atom is 0.344 e. The molecule has 1 aromatic heterocycles. The van der Waals surface area contributed by atoms with Crippen molar-refractivity contribution in [1.29, 1.82) is 0 Å². The minimum atomic E-state index is -3.46. The van der Waals surface area contributed by atoms with Crippen LogP contribution in [0, 0.1) is 0 Å². The third-order valence-electron chi connectivity index (χ3n) is 6.43. The Morgan fingerprint density at radius 1 is 1.15 bits per heavy atom. The van der Waals surface area contributed by atoms with E-state index in [-0.39, 0.29) is 17.9 Å². The summed E-state index contributed by atoms with van der Waals surface area (Å²) in [4.78, 5) is 19.0. The number of sulfonamides is 1. The van der Waals surface area contributed by atoms with Crippen LogP contribution in [0.2, 0.25) is 5.02 Å². The summed E-state index contributed by atoms with van der Waals surface area (Å²) in [5.74, 6) is 0.109. The number of nitrogens with zero attached hydrogens (tertiary/aromatic N) is 5. The topological polar surface area (TPSA) is 90.8 Å². The van der Waals surface area contributed by atoms with Crippen LogP contribution in [0.4, 0.5) is 20.7 Å². The molecule has 0 bridgehead atoms. The first-order chi connectivity index (χ1) is 16.1. The number of piperazine rings is 1. The summed E-state index contributed by atoms with van der Waals surface area (Å²) in [5, 5.41) is 4.69. The Labute approximate surface area is 204 Å². The van der Waals surface area contributed by atoms with E-state index in [4.69, 9.17) is 11.6 Å². The fraction of sp³-hybridized carbons (Fsp3) is 0.545. The van der Waals surface area contributed by atoms with Gasteiger partial charge in [-0.1, -0.05) is 17.7 Å². The highest BCUT2D eigenvalue weighted by Gasteiger charge is 2.27. The predicted molar refractivity (Wildman–Crippen MR) is 131 cm³/mol. The van der Waals surface area contributed by atoms with E-state index in [1.54, 1.807) is 4.90 Å². The van der Waals surface area contributed by atoms with Gasteiger partial charge in [0.2, 0.25) is 10.0 Å². The molecule has 186 valence electrons.